The van der Waals surface area contributed by atoms with Gasteiger partial charge in [0.2, 0.25) is 11.8 Å². The summed E-state index contributed by atoms with van der Waals surface area (Å²) in [5.41, 5.74) is 0. The van der Waals surface area contributed by atoms with Crippen molar-refractivity contribution in [1.82, 2.24) is 10.6 Å². The van der Waals surface area contributed by atoms with Crippen molar-refractivity contribution in [2.45, 2.75) is 58.6 Å². The summed E-state index contributed by atoms with van der Waals surface area (Å²) >= 11 is 0. The molecule has 1 saturated carbocycles. The molecule has 0 unspecified atom stereocenters. The lowest BCUT2D eigenvalue weighted by Crippen LogP contribution is -2.44. The third-order valence-corrected chi connectivity index (χ3v) is 4.03. The number of Topliss-reactive ketones (excluding diaryl/α,β-unsaturated/α-hetero) is 1. The van der Waals surface area contributed by atoms with E-state index in [9.17, 15) is 14.4 Å². The van der Waals surface area contributed by atoms with E-state index in [1.807, 2.05) is 13.8 Å². The molecule has 0 saturated heterocycles. The predicted octanol–water partition coefficient (Wildman–Crippen LogP) is 0.808. The maximum absolute atomic E-state index is 11.8. The summed E-state index contributed by atoms with van der Waals surface area (Å²) in [6.07, 6.45) is 3.39. The first-order valence-corrected chi connectivity index (χ1v) is 8.64. The minimum atomic E-state index is -0.324. The van der Waals surface area contributed by atoms with Gasteiger partial charge in [-0.25, -0.2) is 0 Å². The van der Waals surface area contributed by atoms with Gasteiger partial charge in [0.15, 0.2) is 0 Å². The Morgan fingerprint density at radius 1 is 1.04 bits per heavy atom. The molecule has 138 valence electrons. The molecule has 0 atom stereocenters. The molecule has 0 aromatic rings. The standard InChI is InChI=1S/C17H30N2O5/c1-12(2)24-9-8-23-11-17(22)18-10-16(21)19-15-6-4-14(5-7-15)13(3)20/h12,14-15H,4-11H2,1-3H3,(H,18,22)(H,19,21). The van der Waals surface area contributed by atoms with Crippen LogP contribution in [0.2, 0.25) is 0 Å². The van der Waals surface area contributed by atoms with Crippen molar-refractivity contribution in [2.24, 2.45) is 5.92 Å². The lowest BCUT2D eigenvalue weighted by atomic mass is 9.84. The topological polar surface area (TPSA) is 93.7 Å². The first-order chi connectivity index (χ1) is 11.4. The predicted molar refractivity (Wildman–Crippen MR) is 89.5 cm³/mol. The summed E-state index contributed by atoms with van der Waals surface area (Å²) in [6.45, 7) is 6.12. The van der Waals surface area contributed by atoms with Gasteiger partial charge < -0.3 is 20.1 Å². The Kier molecular flexibility index (Phi) is 9.56. The molecule has 0 spiro atoms. The smallest absolute Gasteiger partial charge is 0.246 e. The van der Waals surface area contributed by atoms with Gasteiger partial charge in [-0.05, 0) is 46.5 Å². The summed E-state index contributed by atoms with van der Waals surface area (Å²) < 4.78 is 10.4. The Labute approximate surface area is 143 Å². The van der Waals surface area contributed by atoms with Crippen molar-refractivity contribution in [3.63, 3.8) is 0 Å². The van der Waals surface area contributed by atoms with Crippen LogP contribution < -0.4 is 10.6 Å². The number of hydrogen-bond donors (Lipinski definition) is 2. The van der Waals surface area contributed by atoms with Gasteiger partial charge in [0.25, 0.3) is 0 Å². The molecule has 1 aliphatic rings. The van der Waals surface area contributed by atoms with E-state index in [1.54, 1.807) is 6.92 Å². The van der Waals surface area contributed by atoms with Gasteiger partial charge in [-0.1, -0.05) is 0 Å². The molecule has 0 bridgehead atoms. The third kappa shape index (κ3) is 8.98. The lowest BCUT2D eigenvalue weighted by molar-refractivity contribution is -0.130. The number of carbonyl (C=O) groups excluding carboxylic acids is 3. The zero-order valence-corrected chi connectivity index (χ0v) is 14.9. The quantitative estimate of drug-likeness (QED) is 0.573. The van der Waals surface area contributed by atoms with E-state index < -0.39 is 0 Å². The largest absolute Gasteiger partial charge is 0.376 e. The summed E-state index contributed by atoms with van der Waals surface area (Å²) in [6, 6.07) is 0.0921. The molecular weight excluding hydrogens is 312 g/mol. The van der Waals surface area contributed by atoms with Crippen LogP contribution in [-0.4, -0.2) is 56.1 Å². The number of carbonyl (C=O) groups is 3. The number of hydrogen-bond acceptors (Lipinski definition) is 5. The van der Waals surface area contributed by atoms with Crippen LogP contribution in [0.25, 0.3) is 0 Å². The van der Waals surface area contributed by atoms with Crippen LogP contribution in [0.1, 0.15) is 46.5 Å². The average Bonchev–Trinajstić information content (AvgIpc) is 2.53. The van der Waals surface area contributed by atoms with E-state index in [4.69, 9.17) is 9.47 Å². The van der Waals surface area contributed by atoms with Crippen molar-refractivity contribution in [2.75, 3.05) is 26.4 Å². The number of nitrogens with one attached hydrogen (secondary N) is 2. The van der Waals surface area contributed by atoms with Crippen LogP contribution in [0.15, 0.2) is 0 Å². The van der Waals surface area contributed by atoms with Crippen molar-refractivity contribution in [3.05, 3.63) is 0 Å². The van der Waals surface area contributed by atoms with Crippen LogP contribution >= 0.6 is 0 Å². The molecule has 0 aromatic carbocycles. The molecule has 24 heavy (non-hydrogen) atoms. The summed E-state index contributed by atoms with van der Waals surface area (Å²) in [5.74, 6) is -0.173. The van der Waals surface area contributed by atoms with Crippen LogP contribution in [0.5, 0.6) is 0 Å². The minimum Gasteiger partial charge on any atom is -0.376 e. The first kappa shape index (κ1) is 20.6. The summed E-state index contributed by atoms with van der Waals surface area (Å²) in [7, 11) is 0. The highest BCUT2D eigenvalue weighted by atomic mass is 16.5. The van der Waals surface area contributed by atoms with Crippen molar-refractivity contribution in [1.29, 1.82) is 0 Å². The molecule has 1 rings (SSSR count). The highest BCUT2D eigenvalue weighted by Crippen LogP contribution is 2.24. The van der Waals surface area contributed by atoms with Crippen LogP contribution in [0.4, 0.5) is 0 Å². The fourth-order valence-electron chi connectivity index (χ4n) is 2.66. The average molecular weight is 342 g/mol. The number of amides is 2. The second-order valence-electron chi connectivity index (χ2n) is 6.48. The monoisotopic (exact) mass is 342 g/mol. The number of ether oxygens (including phenoxy) is 2. The maximum atomic E-state index is 11.8. The van der Waals surface area contributed by atoms with Crippen molar-refractivity contribution < 1.29 is 23.9 Å². The van der Waals surface area contributed by atoms with E-state index in [0.717, 1.165) is 25.7 Å². The molecule has 0 radical (unpaired) electrons. The molecule has 0 aromatic heterocycles. The fraction of sp³-hybridized carbons (Fsp3) is 0.824. The molecular formula is C17H30N2O5. The van der Waals surface area contributed by atoms with Gasteiger partial charge in [0.05, 0.1) is 25.9 Å². The Balaban J connectivity index is 2.07. The van der Waals surface area contributed by atoms with E-state index in [2.05, 4.69) is 10.6 Å². The van der Waals surface area contributed by atoms with Crippen LogP contribution in [0, 0.1) is 5.92 Å². The van der Waals surface area contributed by atoms with Crippen molar-refractivity contribution in [3.8, 4) is 0 Å². The SMILES string of the molecule is CC(=O)C1CCC(NC(=O)CNC(=O)COCCOC(C)C)CC1. The van der Waals surface area contributed by atoms with Gasteiger partial charge in [-0.3, -0.25) is 14.4 Å². The zero-order valence-electron chi connectivity index (χ0n) is 14.9. The Morgan fingerprint density at radius 2 is 1.71 bits per heavy atom. The molecule has 7 nitrogen and oxygen atoms in total. The number of ketones is 1. The Bertz CT molecular complexity index is 417. The Hall–Kier alpha value is -1.47. The Morgan fingerprint density at radius 3 is 2.29 bits per heavy atom. The van der Waals surface area contributed by atoms with Gasteiger partial charge in [-0.15, -0.1) is 0 Å². The number of rotatable bonds is 10. The normalized spacial score (nSPS) is 20.7. The maximum Gasteiger partial charge on any atom is 0.246 e. The minimum absolute atomic E-state index is 0.0582. The summed E-state index contributed by atoms with van der Waals surface area (Å²) in [5, 5.41) is 5.42. The van der Waals surface area contributed by atoms with Gasteiger partial charge >= 0.3 is 0 Å². The fourth-order valence-corrected chi connectivity index (χ4v) is 2.66. The molecule has 7 heteroatoms. The molecule has 1 aliphatic carbocycles. The van der Waals surface area contributed by atoms with Gasteiger partial charge in [0, 0.05) is 12.0 Å². The highest BCUT2D eigenvalue weighted by molar-refractivity contribution is 5.85. The molecule has 2 N–H and O–H groups in total. The molecule has 0 heterocycles. The zero-order chi connectivity index (χ0) is 17.9. The lowest BCUT2D eigenvalue weighted by Gasteiger charge is -2.27. The van der Waals surface area contributed by atoms with E-state index >= 15 is 0 Å². The van der Waals surface area contributed by atoms with E-state index in [1.165, 1.54) is 0 Å². The second kappa shape index (κ2) is 11.1. The van der Waals surface area contributed by atoms with Gasteiger partial charge in [0.1, 0.15) is 12.4 Å². The highest BCUT2D eigenvalue weighted by Gasteiger charge is 2.24. The third-order valence-electron chi connectivity index (χ3n) is 4.03. The van der Waals surface area contributed by atoms with E-state index in [0.29, 0.717) is 13.2 Å². The van der Waals surface area contributed by atoms with Gasteiger partial charge in [-0.2, -0.15) is 0 Å². The molecule has 1 fully saturated rings. The van der Waals surface area contributed by atoms with Crippen molar-refractivity contribution >= 4 is 17.6 Å². The summed E-state index contributed by atoms with van der Waals surface area (Å²) in [4.78, 5) is 34.7. The second-order valence-corrected chi connectivity index (χ2v) is 6.48. The van der Waals surface area contributed by atoms with Crippen LogP contribution in [-0.2, 0) is 23.9 Å². The molecule has 2 amide bonds. The van der Waals surface area contributed by atoms with Crippen LogP contribution in [0.3, 0.4) is 0 Å². The molecule has 0 aliphatic heterocycles. The van der Waals surface area contributed by atoms with E-state index in [-0.39, 0.29) is 48.8 Å². The first-order valence-electron chi connectivity index (χ1n) is 8.64.